The third kappa shape index (κ3) is 29.9. The molecule has 0 radical (unpaired) electrons. The summed E-state index contributed by atoms with van der Waals surface area (Å²) in [5.41, 5.74) is 0. The van der Waals surface area contributed by atoms with Gasteiger partial charge in [-0.15, -0.1) is 0 Å². The molecular formula is C24H42I6N6V. The van der Waals surface area contributed by atoms with Gasteiger partial charge in [0.2, 0.25) is 12.7 Å². The van der Waals surface area contributed by atoms with E-state index in [1.807, 2.05) is 17.8 Å². The first kappa shape index (κ1) is 44.0. The van der Waals surface area contributed by atoms with Gasteiger partial charge in [-0.05, 0) is 47.4 Å². The average molecular weight is 1230 g/mol. The van der Waals surface area contributed by atoms with Gasteiger partial charge >= 0.3 is 49.4 Å². The van der Waals surface area contributed by atoms with Crippen molar-refractivity contribution in [3.05, 3.63) is 56.2 Å². The number of imidazole rings is 3. The zero-order valence-electron chi connectivity index (χ0n) is 22.1. The van der Waals surface area contributed by atoms with Gasteiger partial charge in [0.15, 0.2) is 0 Å². The summed E-state index contributed by atoms with van der Waals surface area (Å²) in [6, 6.07) is 0. The van der Waals surface area contributed by atoms with E-state index in [9.17, 15) is 0 Å². The molecule has 3 aromatic rings. The van der Waals surface area contributed by atoms with Crippen molar-refractivity contribution < 1.29 is 66.6 Å². The van der Waals surface area contributed by atoms with Gasteiger partial charge in [0.1, 0.15) is 24.8 Å². The number of aryl methyl sites for hydroxylation is 5. The number of aromatic nitrogens is 6. The quantitative estimate of drug-likeness (QED) is 0.115. The zero-order valence-corrected chi connectivity index (χ0v) is 36.4. The Hall–Kier alpha value is 2.59. The zero-order chi connectivity index (χ0) is 26.2. The van der Waals surface area contributed by atoms with Crippen LogP contribution >= 0.6 is 85.1 Å². The van der Waals surface area contributed by atoms with E-state index in [1.165, 1.54) is 60.2 Å². The van der Waals surface area contributed by atoms with Crippen LogP contribution in [0.2, 0.25) is 0 Å². The van der Waals surface area contributed by atoms with E-state index in [0.29, 0.717) is 9.47 Å². The van der Waals surface area contributed by atoms with Crippen LogP contribution in [0.15, 0.2) is 56.2 Å². The van der Waals surface area contributed by atoms with Crippen LogP contribution in [0.1, 0.15) is 51.4 Å². The van der Waals surface area contributed by atoms with Crippen molar-refractivity contribution in [2.75, 3.05) is 8.86 Å². The first-order valence-corrected chi connectivity index (χ1v) is 24.0. The topological polar surface area (TPSA) is 35.4 Å². The van der Waals surface area contributed by atoms with Gasteiger partial charge in [-0.3, -0.25) is 0 Å². The van der Waals surface area contributed by atoms with E-state index in [2.05, 4.69) is 160 Å². The molecule has 0 fully saturated rings. The summed E-state index contributed by atoms with van der Waals surface area (Å²) in [5.74, 6) is 0. The van der Waals surface area contributed by atoms with Gasteiger partial charge in [-0.2, -0.15) is 0 Å². The summed E-state index contributed by atoms with van der Waals surface area (Å²) in [6.45, 7) is 2.28. The Balaban J connectivity index is -0.000000508. The van der Waals surface area contributed by atoms with Gasteiger partial charge in [0, 0.05) is 19.4 Å². The number of unbranched alkanes of at least 4 members (excludes halogenated alkanes) is 6. The summed E-state index contributed by atoms with van der Waals surface area (Å²) < 4.78 is 13.2. The second-order valence-corrected chi connectivity index (χ2v) is 22.1. The van der Waals surface area contributed by atoms with Crippen molar-refractivity contribution in [3.8, 4) is 0 Å². The van der Waals surface area contributed by atoms with Gasteiger partial charge in [-0.25, -0.2) is 23.3 Å². The minimum atomic E-state index is 0. The molecule has 0 bridgehead atoms. The summed E-state index contributed by atoms with van der Waals surface area (Å²) >= 11 is 9.61. The number of halogens is 6. The molecule has 6 nitrogen and oxygen atoms in total. The molecule has 215 valence electrons. The van der Waals surface area contributed by atoms with E-state index in [0.717, 1.165) is 13.1 Å². The summed E-state index contributed by atoms with van der Waals surface area (Å²) in [6.07, 6.45) is 29.0. The standard InChI is InChI=1S/C14H24N4.C6H12I2.C4H6N2.4HI.V/c1-15-9-11-17(13-15)7-5-3-4-6-8-18-12-10-16(2)14-18;7-5-3-1-2-4-6-8;1-6-3-2-5-4-6;;;;;/h9-14H,3-8H2,1-2H3;1-6H2;2-4H,1H3;4*1H;/q+2;;;;;;;+2/p-4. The molecule has 3 rings (SSSR count). The molecule has 13 heteroatoms. The van der Waals surface area contributed by atoms with Crippen molar-refractivity contribution >= 4 is 85.1 Å². The normalized spacial score (nSPS) is 9.27. The Bertz CT molecular complexity index is 766. The van der Waals surface area contributed by atoms with Gasteiger partial charge in [0.25, 0.3) is 0 Å². The molecule has 0 aromatic carbocycles. The maximum absolute atomic E-state index is 3.78. The Labute approximate surface area is 315 Å². The second kappa shape index (κ2) is 33.1. The number of alkyl halides is 2. The first-order chi connectivity index (χ1) is 17.0. The summed E-state index contributed by atoms with van der Waals surface area (Å²) in [7, 11) is 6.69. The SMILES string of the molecule is C[n+]1ccn(CCCCCCn2cc[n+](C)c2)c1.Cn1ccnc1.ICCCCCCI.[I-].[I-].[I][V][I]. The molecule has 3 aromatic heterocycles. The Morgan fingerprint density at radius 1 is 0.703 bits per heavy atom. The average Bonchev–Trinajstić information content (AvgIpc) is 3.58. The molecule has 0 unspecified atom stereocenters. The van der Waals surface area contributed by atoms with Crippen LogP contribution in [0.25, 0.3) is 0 Å². The number of nitrogens with zero attached hydrogens (tertiary/aromatic N) is 6. The van der Waals surface area contributed by atoms with Gasteiger partial charge in [0.05, 0.1) is 33.5 Å². The number of hydrogen-bond acceptors (Lipinski definition) is 1. The molecule has 0 aliphatic heterocycles. The Morgan fingerprint density at radius 2 is 1.11 bits per heavy atom. The third-order valence-electron chi connectivity index (χ3n) is 4.88. The molecule has 0 amide bonds. The van der Waals surface area contributed by atoms with Crippen molar-refractivity contribution in [1.29, 1.82) is 0 Å². The predicted molar refractivity (Wildman–Crippen MR) is 177 cm³/mol. The fourth-order valence-electron chi connectivity index (χ4n) is 3.08. The molecule has 0 aliphatic carbocycles. The molecular weight excluding hydrogens is 1180 g/mol. The van der Waals surface area contributed by atoms with Gasteiger partial charge < -0.3 is 52.5 Å². The summed E-state index contributed by atoms with van der Waals surface area (Å²) in [5, 5.41) is 0. The first-order valence-electron chi connectivity index (χ1n) is 11.9. The van der Waals surface area contributed by atoms with E-state index in [1.54, 1.807) is 12.5 Å². The minimum absolute atomic E-state index is 0. The van der Waals surface area contributed by atoms with Crippen LogP contribution in [0.4, 0.5) is 0 Å². The molecule has 37 heavy (non-hydrogen) atoms. The van der Waals surface area contributed by atoms with Crippen LogP contribution in [-0.4, -0.2) is 27.5 Å². The van der Waals surface area contributed by atoms with Crippen molar-refractivity contribution in [1.82, 2.24) is 18.7 Å². The molecule has 0 atom stereocenters. The number of hydrogen-bond donors (Lipinski definition) is 0. The van der Waals surface area contributed by atoms with Gasteiger partial charge in [-0.1, -0.05) is 58.0 Å². The van der Waals surface area contributed by atoms with Crippen molar-refractivity contribution in [2.24, 2.45) is 21.1 Å². The maximum atomic E-state index is 3.78. The molecule has 0 saturated heterocycles. The van der Waals surface area contributed by atoms with Crippen LogP contribution in [0, 0.1) is 0 Å². The Kier molecular flexibility index (Phi) is 39.4. The van der Waals surface area contributed by atoms with Crippen LogP contribution in [0.3, 0.4) is 0 Å². The molecule has 3 heterocycles. The van der Waals surface area contributed by atoms with Crippen LogP contribution in [-0.2, 0) is 43.7 Å². The van der Waals surface area contributed by atoms with Crippen molar-refractivity contribution in [2.45, 2.75) is 64.5 Å². The van der Waals surface area contributed by atoms with Crippen molar-refractivity contribution in [3.63, 3.8) is 0 Å². The van der Waals surface area contributed by atoms with E-state index < -0.39 is 0 Å². The fourth-order valence-corrected chi connectivity index (χ4v) is 4.16. The van der Waals surface area contributed by atoms with E-state index >= 15 is 0 Å². The van der Waals surface area contributed by atoms with Crippen LogP contribution in [0.5, 0.6) is 0 Å². The monoisotopic (exact) mass is 1230 g/mol. The second-order valence-electron chi connectivity index (χ2n) is 8.13. The number of rotatable bonds is 12. The molecule has 0 spiro atoms. The Morgan fingerprint density at radius 3 is 1.35 bits per heavy atom. The predicted octanol–water partition coefficient (Wildman–Crippen LogP) is 0.813. The third-order valence-corrected chi connectivity index (χ3v) is 6.41. The molecule has 0 saturated carbocycles. The van der Waals surface area contributed by atoms with E-state index in [-0.39, 0.29) is 48.0 Å². The molecule has 0 N–H and O–H groups in total. The van der Waals surface area contributed by atoms with Crippen LogP contribution < -0.4 is 57.1 Å². The van der Waals surface area contributed by atoms with E-state index in [4.69, 9.17) is 0 Å². The fraction of sp³-hybridized carbons (Fsp3) is 0.625. The summed E-state index contributed by atoms with van der Waals surface area (Å²) in [4.78, 5) is 3.78. The molecule has 0 aliphatic rings.